The summed E-state index contributed by atoms with van der Waals surface area (Å²) in [6, 6.07) is 2.98. The van der Waals surface area contributed by atoms with Crippen molar-refractivity contribution in [3.63, 3.8) is 0 Å². The van der Waals surface area contributed by atoms with E-state index in [-0.39, 0.29) is 10.6 Å². The molecule has 0 aromatic heterocycles. The zero-order valence-electron chi connectivity index (χ0n) is 10.8. The number of carbonyl (C=O) groups is 2. The lowest BCUT2D eigenvalue weighted by Crippen LogP contribution is -2.38. The first-order chi connectivity index (χ1) is 9.26. The zero-order valence-corrected chi connectivity index (χ0v) is 11.6. The molecule has 0 saturated heterocycles. The maximum absolute atomic E-state index is 12.1. The van der Waals surface area contributed by atoms with E-state index in [4.69, 9.17) is 16.2 Å². The van der Waals surface area contributed by atoms with Gasteiger partial charge in [-0.15, -0.1) is 0 Å². The van der Waals surface area contributed by atoms with Crippen molar-refractivity contribution in [3.05, 3.63) is 18.2 Å². The molecular weight excluding hydrogens is 286 g/mol. The predicted octanol–water partition coefficient (Wildman–Crippen LogP) is -0.364. The van der Waals surface area contributed by atoms with Gasteiger partial charge in [0.05, 0.1) is 17.2 Å². The lowest BCUT2D eigenvalue weighted by Gasteiger charge is -2.10. The predicted molar refractivity (Wildman–Crippen MR) is 71.8 cm³/mol. The summed E-state index contributed by atoms with van der Waals surface area (Å²) >= 11 is 0. The van der Waals surface area contributed by atoms with Gasteiger partial charge in [-0.25, -0.2) is 13.2 Å². The summed E-state index contributed by atoms with van der Waals surface area (Å²) in [5.74, 6) is -1.65. The van der Waals surface area contributed by atoms with E-state index in [0.29, 0.717) is 12.4 Å². The van der Waals surface area contributed by atoms with Crippen LogP contribution in [0.15, 0.2) is 23.1 Å². The van der Waals surface area contributed by atoms with Crippen molar-refractivity contribution in [1.29, 1.82) is 0 Å². The van der Waals surface area contributed by atoms with E-state index < -0.39 is 27.5 Å². The molecule has 5 N–H and O–H groups in total. The number of rotatable bonds is 5. The molecular formula is C11H15N3O5S. The van der Waals surface area contributed by atoms with E-state index in [1.165, 1.54) is 18.2 Å². The minimum atomic E-state index is -4.00. The molecule has 0 aliphatic heterocycles. The van der Waals surface area contributed by atoms with Crippen LogP contribution in [0.3, 0.4) is 0 Å². The van der Waals surface area contributed by atoms with E-state index in [1.807, 2.05) is 0 Å². The van der Waals surface area contributed by atoms with Crippen molar-refractivity contribution in [2.24, 2.45) is 5.73 Å². The molecule has 0 aliphatic carbocycles. The quantitative estimate of drug-likeness (QED) is 0.634. The molecule has 0 fully saturated rings. The van der Waals surface area contributed by atoms with E-state index in [0.717, 1.165) is 0 Å². The van der Waals surface area contributed by atoms with Gasteiger partial charge in [-0.1, -0.05) is 0 Å². The summed E-state index contributed by atoms with van der Waals surface area (Å²) in [6.07, 6.45) is 0. The number of amides is 3. The Morgan fingerprint density at radius 3 is 2.55 bits per heavy atom. The van der Waals surface area contributed by atoms with Crippen LogP contribution in [0.25, 0.3) is 0 Å². The van der Waals surface area contributed by atoms with Gasteiger partial charge in [0.25, 0.3) is 0 Å². The molecule has 110 valence electrons. The number of benzene rings is 1. The Morgan fingerprint density at radius 2 is 2.00 bits per heavy atom. The van der Waals surface area contributed by atoms with Gasteiger partial charge in [-0.2, -0.15) is 0 Å². The number of ether oxygens (including phenoxy) is 1. The third-order valence-corrected chi connectivity index (χ3v) is 3.88. The molecule has 0 bridgehead atoms. The van der Waals surface area contributed by atoms with Gasteiger partial charge in [-0.05, 0) is 19.1 Å². The van der Waals surface area contributed by atoms with Gasteiger partial charge in [0.15, 0.2) is 9.84 Å². The third-order valence-electron chi connectivity index (χ3n) is 2.21. The second-order valence-corrected chi connectivity index (χ2v) is 5.76. The molecule has 0 unspecified atom stereocenters. The first-order valence-corrected chi connectivity index (χ1v) is 7.26. The number of sulfone groups is 1. The van der Waals surface area contributed by atoms with Crippen molar-refractivity contribution in [2.75, 3.05) is 18.1 Å². The number of urea groups is 1. The van der Waals surface area contributed by atoms with Crippen LogP contribution >= 0.6 is 0 Å². The highest BCUT2D eigenvalue weighted by atomic mass is 32.2. The average molecular weight is 301 g/mol. The summed E-state index contributed by atoms with van der Waals surface area (Å²) in [5, 5.41) is 1.68. The molecule has 0 aliphatic rings. The van der Waals surface area contributed by atoms with Gasteiger partial charge in [0.1, 0.15) is 11.5 Å². The topological polar surface area (TPSA) is 142 Å². The van der Waals surface area contributed by atoms with Crippen LogP contribution in [0.2, 0.25) is 0 Å². The molecule has 0 radical (unpaired) electrons. The summed E-state index contributed by atoms with van der Waals surface area (Å²) in [6.45, 7) is 2.09. The molecule has 9 heteroatoms. The van der Waals surface area contributed by atoms with Crippen LogP contribution in [0.5, 0.6) is 5.75 Å². The van der Waals surface area contributed by atoms with Gasteiger partial charge >= 0.3 is 6.03 Å². The highest BCUT2D eigenvalue weighted by Crippen LogP contribution is 2.25. The normalized spacial score (nSPS) is 10.8. The highest BCUT2D eigenvalue weighted by molar-refractivity contribution is 7.92. The molecule has 0 atom stereocenters. The molecule has 3 amide bonds. The van der Waals surface area contributed by atoms with Crippen molar-refractivity contribution >= 4 is 27.5 Å². The standard InChI is InChI=1S/C11H15N3O5S/c1-2-19-7-3-4-8(12)9(5-7)20(17,18)6-10(15)14-11(13)16/h3-5H,2,6,12H2,1H3,(H3,13,14,15,16). The first-order valence-electron chi connectivity index (χ1n) is 5.60. The van der Waals surface area contributed by atoms with Crippen LogP contribution in [-0.2, 0) is 14.6 Å². The SMILES string of the molecule is CCOc1ccc(N)c(S(=O)(=O)CC(=O)NC(N)=O)c1. The number of nitrogens with one attached hydrogen (secondary N) is 1. The second kappa shape index (κ2) is 6.24. The lowest BCUT2D eigenvalue weighted by molar-refractivity contribution is -0.117. The molecule has 1 aromatic rings. The lowest BCUT2D eigenvalue weighted by atomic mass is 10.3. The Kier molecular flexibility index (Phi) is 4.92. The molecule has 20 heavy (non-hydrogen) atoms. The Balaban J connectivity index is 3.05. The van der Waals surface area contributed by atoms with Gasteiger partial charge in [0, 0.05) is 6.07 Å². The monoisotopic (exact) mass is 301 g/mol. The maximum atomic E-state index is 12.1. The molecule has 0 spiro atoms. The minimum absolute atomic E-state index is 0.0136. The smallest absolute Gasteiger partial charge is 0.318 e. The number of primary amides is 1. The summed E-state index contributed by atoms with van der Waals surface area (Å²) < 4.78 is 29.3. The zero-order chi connectivity index (χ0) is 15.3. The Labute approximate surface area is 116 Å². The summed E-state index contributed by atoms with van der Waals surface area (Å²) in [5.41, 5.74) is 10.3. The fourth-order valence-electron chi connectivity index (χ4n) is 1.46. The highest BCUT2D eigenvalue weighted by Gasteiger charge is 2.23. The van der Waals surface area contributed by atoms with Gasteiger partial charge < -0.3 is 16.2 Å². The number of nitrogens with two attached hydrogens (primary N) is 2. The Bertz CT molecular complexity index is 627. The van der Waals surface area contributed by atoms with Crippen LogP contribution < -0.4 is 21.5 Å². The number of hydrogen-bond acceptors (Lipinski definition) is 6. The molecule has 0 saturated carbocycles. The maximum Gasteiger partial charge on any atom is 0.318 e. The number of nitrogen functional groups attached to an aromatic ring is 1. The van der Waals surface area contributed by atoms with Crippen molar-refractivity contribution < 1.29 is 22.7 Å². The Morgan fingerprint density at radius 1 is 1.35 bits per heavy atom. The van der Waals surface area contributed by atoms with Crippen molar-refractivity contribution in [3.8, 4) is 5.75 Å². The number of carbonyl (C=O) groups excluding carboxylic acids is 2. The minimum Gasteiger partial charge on any atom is -0.494 e. The largest absolute Gasteiger partial charge is 0.494 e. The third kappa shape index (κ3) is 4.12. The number of imide groups is 1. The van der Waals surface area contributed by atoms with E-state index in [9.17, 15) is 18.0 Å². The number of hydrogen-bond donors (Lipinski definition) is 3. The van der Waals surface area contributed by atoms with E-state index >= 15 is 0 Å². The van der Waals surface area contributed by atoms with Crippen LogP contribution in [0.1, 0.15) is 6.92 Å². The van der Waals surface area contributed by atoms with E-state index in [1.54, 1.807) is 12.2 Å². The summed E-state index contributed by atoms with van der Waals surface area (Å²) in [4.78, 5) is 21.6. The van der Waals surface area contributed by atoms with Gasteiger partial charge in [-0.3, -0.25) is 10.1 Å². The molecule has 1 aromatic carbocycles. The summed E-state index contributed by atoms with van der Waals surface area (Å²) in [7, 11) is -4.00. The Hall–Kier alpha value is -2.29. The van der Waals surface area contributed by atoms with Crippen molar-refractivity contribution in [2.45, 2.75) is 11.8 Å². The first kappa shape index (κ1) is 15.8. The van der Waals surface area contributed by atoms with Crippen LogP contribution in [0, 0.1) is 0 Å². The fraction of sp³-hybridized carbons (Fsp3) is 0.273. The molecule has 1 rings (SSSR count). The fourth-order valence-corrected chi connectivity index (χ4v) is 2.76. The van der Waals surface area contributed by atoms with Gasteiger partial charge in [0.2, 0.25) is 5.91 Å². The van der Waals surface area contributed by atoms with Crippen LogP contribution in [0.4, 0.5) is 10.5 Å². The average Bonchev–Trinajstić information content (AvgIpc) is 2.29. The number of anilines is 1. The molecule has 0 heterocycles. The van der Waals surface area contributed by atoms with E-state index in [2.05, 4.69) is 0 Å². The molecule has 8 nitrogen and oxygen atoms in total. The second-order valence-electron chi connectivity index (χ2n) is 3.80. The van der Waals surface area contributed by atoms with Crippen LogP contribution in [-0.4, -0.2) is 32.7 Å². The van der Waals surface area contributed by atoms with Crippen molar-refractivity contribution in [1.82, 2.24) is 5.32 Å².